The summed E-state index contributed by atoms with van der Waals surface area (Å²) in [6.07, 6.45) is -4.29. The molecule has 1 aliphatic heterocycles. The van der Waals surface area contributed by atoms with E-state index in [1.165, 1.54) is 12.1 Å². The molecule has 1 saturated heterocycles. The van der Waals surface area contributed by atoms with Gasteiger partial charge in [0.05, 0.1) is 10.6 Å². The molecule has 7 heteroatoms. The molecule has 0 atom stereocenters. The third-order valence-corrected chi connectivity index (χ3v) is 3.63. The molecule has 0 aromatic heterocycles. The van der Waals surface area contributed by atoms with E-state index in [9.17, 15) is 13.2 Å². The molecule has 116 valence electrons. The summed E-state index contributed by atoms with van der Waals surface area (Å²) in [6.45, 7) is 4.40. The molecule has 1 aliphatic rings. The molecule has 0 aliphatic carbocycles. The van der Waals surface area contributed by atoms with Crippen molar-refractivity contribution < 1.29 is 13.2 Å². The molecule has 1 fully saturated rings. The summed E-state index contributed by atoms with van der Waals surface area (Å²) in [5, 5.41) is 0. The van der Waals surface area contributed by atoms with E-state index in [1.807, 2.05) is 0 Å². The zero-order valence-corrected chi connectivity index (χ0v) is 12.4. The van der Waals surface area contributed by atoms with Crippen LogP contribution in [0.1, 0.15) is 11.1 Å². The van der Waals surface area contributed by atoms with Gasteiger partial charge < -0.3 is 5.73 Å². The molecular weight excluding hydrogens is 299 g/mol. The summed E-state index contributed by atoms with van der Waals surface area (Å²) in [7, 11) is 0. The molecule has 2 N–H and O–H groups in total. The van der Waals surface area contributed by atoms with E-state index in [-0.39, 0.29) is 0 Å². The molecule has 1 aromatic carbocycles. The Morgan fingerprint density at radius 3 is 2.33 bits per heavy atom. The maximum Gasteiger partial charge on any atom is 0.416 e. The maximum atomic E-state index is 12.7. The first-order valence-corrected chi connectivity index (χ1v) is 7.14. The van der Waals surface area contributed by atoms with Gasteiger partial charge in [0.25, 0.3) is 0 Å². The smallest absolute Gasteiger partial charge is 0.392 e. The van der Waals surface area contributed by atoms with E-state index in [1.54, 1.807) is 6.07 Å². The third kappa shape index (κ3) is 4.94. The minimum Gasteiger partial charge on any atom is -0.392 e. The topological polar surface area (TPSA) is 32.5 Å². The number of thiocarbonyl (C=S) groups is 1. The quantitative estimate of drug-likeness (QED) is 0.862. The summed E-state index contributed by atoms with van der Waals surface area (Å²) in [6, 6.07) is 5.52. The van der Waals surface area contributed by atoms with Crippen molar-refractivity contribution in [3.05, 3.63) is 35.4 Å². The molecule has 21 heavy (non-hydrogen) atoms. The number of alkyl halides is 3. The SMILES string of the molecule is NC(=S)CN1CCN(Cc2cccc(C(F)(F)F)c2)CC1. The summed E-state index contributed by atoms with van der Waals surface area (Å²) >= 11 is 4.88. The molecule has 0 bridgehead atoms. The number of benzene rings is 1. The fourth-order valence-corrected chi connectivity index (χ4v) is 2.61. The molecule has 2 rings (SSSR count). The van der Waals surface area contributed by atoms with Crippen LogP contribution in [0.3, 0.4) is 0 Å². The Kier molecular flexibility index (Phi) is 5.18. The van der Waals surface area contributed by atoms with Crippen LogP contribution in [-0.4, -0.2) is 47.5 Å². The lowest BCUT2D eigenvalue weighted by Crippen LogP contribution is -2.48. The van der Waals surface area contributed by atoms with Gasteiger partial charge in [-0.25, -0.2) is 0 Å². The monoisotopic (exact) mass is 317 g/mol. The fraction of sp³-hybridized carbons (Fsp3) is 0.500. The Balaban J connectivity index is 1.90. The van der Waals surface area contributed by atoms with Crippen LogP contribution >= 0.6 is 12.2 Å². The van der Waals surface area contributed by atoms with Gasteiger partial charge in [0.15, 0.2) is 0 Å². The van der Waals surface area contributed by atoms with Crippen molar-refractivity contribution in [1.82, 2.24) is 9.80 Å². The average Bonchev–Trinajstić information content (AvgIpc) is 2.40. The van der Waals surface area contributed by atoms with E-state index in [0.717, 1.165) is 32.2 Å². The second-order valence-corrected chi connectivity index (χ2v) is 5.74. The summed E-state index contributed by atoms with van der Waals surface area (Å²) < 4.78 is 38.0. The first kappa shape index (κ1) is 16.2. The predicted molar refractivity (Wildman–Crippen MR) is 79.9 cm³/mol. The lowest BCUT2D eigenvalue weighted by atomic mass is 10.1. The van der Waals surface area contributed by atoms with Gasteiger partial charge in [-0.15, -0.1) is 0 Å². The molecule has 0 spiro atoms. The van der Waals surface area contributed by atoms with Crippen molar-refractivity contribution in [3.63, 3.8) is 0 Å². The van der Waals surface area contributed by atoms with Crippen LogP contribution < -0.4 is 5.73 Å². The van der Waals surface area contributed by atoms with Crippen LogP contribution in [0.2, 0.25) is 0 Å². The molecule has 0 saturated carbocycles. The van der Waals surface area contributed by atoms with Gasteiger partial charge in [0.1, 0.15) is 0 Å². The van der Waals surface area contributed by atoms with E-state index < -0.39 is 11.7 Å². The lowest BCUT2D eigenvalue weighted by molar-refractivity contribution is -0.137. The molecule has 0 unspecified atom stereocenters. The fourth-order valence-electron chi connectivity index (χ4n) is 2.43. The highest BCUT2D eigenvalue weighted by atomic mass is 32.1. The van der Waals surface area contributed by atoms with Crippen LogP contribution in [0.4, 0.5) is 13.2 Å². The van der Waals surface area contributed by atoms with E-state index in [4.69, 9.17) is 18.0 Å². The van der Waals surface area contributed by atoms with Crippen molar-refractivity contribution in [1.29, 1.82) is 0 Å². The number of nitrogens with zero attached hydrogens (tertiary/aromatic N) is 2. The first-order valence-electron chi connectivity index (χ1n) is 6.74. The Hall–Kier alpha value is -1.18. The second-order valence-electron chi connectivity index (χ2n) is 5.22. The summed E-state index contributed by atoms with van der Waals surface area (Å²) in [5.74, 6) is 0. The van der Waals surface area contributed by atoms with Gasteiger partial charge >= 0.3 is 6.18 Å². The van der Waals surface area contributed by atoms with Gasteiger partial charge in [-0.2, -0.15) is 13.2 Å². The number of rotatable bonds is 4. The van der Waals surface area contributed by atoms with Crippen molar-refractivity contribution in [3.8, 4) is 0 Å². The van der Waals surface area contributed by atoms with Crippen LogP contribution in [-0.2, 0) is 12.7 Å². The largest absolute Gasteiger partial charge is 0.416 e. The molecule has 1 aromatic rings. The minimum absolute atomic E-state index is 0.473. The normalized spacial score (nSPS) is 17.9. The van der Waals surface area contributed by atoms with E-state index >= 15 is 0 Å². The van der Waals surface area contributed by atoms with E-state index in [2.05, 4.69) is 9.80 Å². The molecule has 0 amide bonds. The van der Waals surface area contributed by atoms with Gasteiger partial charge in [-0.05, 0) is 11.6 Å². The maximum absolute atomic E-state index is 12.7. The van der Waals surface area contributed by atoms with Gasteiger partial charge in [0, 0.05) is 39.3 Å². The highest BCUT2D eigenvalue weighted by Gasteiger charge is 2.30. The Labute approximate surface area is 127 Å². The molecular formula is C14H18F3N3S. The number of hydrogen-bond acceptors (Lipinski definition) is 3. The standard InChI is InChI=1S/C14H18F3N3S/c15-14(16,17)12-3-1-2-11(8-12)9-19-4-6-20(7-5-19)10-13(18)21/h1-3,8H,4-7,9-10H2,(H2,18,21). The van der Waals surface area contributed by atoms with Gasteiger partial charge in [-0.1, -0.05) is 30.4 Å². The minimum atomic E-state index is -4.29. The van der Waals surface area contributed by atoms with Crippen LogP contribution in [0.5, 0.6) is 0 Å². The van der Waals surface area contributed by atoms with Crippen LogP contribution in [0.25, 0.3) is 0 Å². The number of piperazine rings is 1. The zero-order valence-electron chi connectivity index (χ0n) is 11.6. The number of nitrogens with two attached hydrogens (primary N) is 1. The second kappa shape index (κ2) is 6.72. The third-order valence-electron chi connectivity index (χ3n) is 3.50. The Morgan fingerprint density at radius 2 is 1.76 bits per heavy atom. The zero-order chi connectivity index (χ0) is 15.5. The Morgan fingerprint density at radius 1 is 1.14 bits per heavy atom. The van der Waals surface area contributed by atoms with E-state index in [0.29, 0.717) is 23.6 Å². The predicted octanol–water partition coefficient (Wildman–Crippen LogP) is 2.11. The van der Waals surface area contributed by atoms with Crippen molar-refractivity contribution in [2.75, 3.05) is 32.7 Å². The number of hydrogen-bond donors (Lipinski definition) is 1. The summed E-state index contributed by atoms with van der Waals surface area (Å²) in [4.78, 5) is 4.78. The molecule has 0 radical (unpaired) electrons. The van der Waals surface area contributed by atoms with Crippen molar-refractivity contribution >= 4 is 17.2 Å². The van der Waals surface area contributed by atoms with Crippen LogP contribution in [0, 0.1) is 0 Å². The van der Waals surface area contributed by atoms with Gasteiger partial charge in [0.2, 0.25) is 0 Å². The first-order chi connectivity index (χ1) is 9.84. The van der Waals surface area contributed by atoms with Crippen molar-refractivity contribution in [2.24, 2.45) is 5.73 Å². The van der Waals surface area contributed by atoms with Crippen LogP contribution in [0.15, 0.2) is 24.3 Å². The van der Waals surface area contributed by atoms with Crippen molar-refractivity contribution in [2.45, 2.75) is 12.7 Å². The number of halogens is 3. The average molecular weight is 317 g/mol. The lowest BCUT2D eigenvalue weighted by Gasteiger charge is -2.34. The Bertz CT molecular complexity index is 496. The molecule has 1 heterocycles. The summed E-state index contributed by atoms with van der Waals surface area (Å²) in [5.41, 5.74) is 5.61. The highest BCUT2D eigenvalue weighted by molar-refractivity contribution is 7.80. The van der Waals surface area contributed by atoms with Gasteiger partial charge in [-0.3, -0.25) is 9.80 Å². The molecule has 3 nitrogen and oxygen atoms in total. The highest BCUT2D eigenvalue weighted by Crippen LogP contribution is 2.29.